The summed E-state index contributed by atoms with van der Waals surface area (Å²) in [6.07, 6.45) is 3.92. The van der Waals surface area contributed by atoms with Crippen molar-refractivity contribution >= 4 is 17.3 Å². The van der Waals surface area contributed by atoms with Crippen molar-refractivity contribution < 1.29 is 0 Å². The normalized spacial score (nSPS) is 20.6. The van der Waals surface area contributed by atoms with Crippen molar-refractivity contribution in [2.75, 3.05) is 18.0 Å². The molecular weight excluding hydrogens is 232 g/mol. The largest absolute Gasteiger partial charge is 0.371 e. The summed E-state index contributed by atoms with van der Waals surface area (Å²) in [7, 11) is 0. The maximum Gasteiger partial charge on any atom is 0.0471 e. The van der Waals surface area contributed by atoms with Gasteiger partial charge in [-0.2, -0.15) is 0 Å². The summed E-state index contributed by atoms with van der Waals surface area (Å²) in [6.45, 7) is 5.10. The van der Waals surface area contributed by atoms with Gasteiger partial charge in [0, 0.05) is 30.3 Å². The molecule has 1 aliphatic heterocycles. The quantitative estimate of drug-likeness (QED) is 0.893. The first-order valence-electron chi connectivity index (χ1n) is 6.48. The van der Waals surface area contributed by atoms with Gasteiger partial charge in [-0.25, -0.2) is 0 Å². The van der Waals surface area contributed by atoms with Crippen LogP contribution in [0.3, 0.4) is 0 Å². The van der Waals surface area contributed by atoms with Crippen molar-refractivity contribution in [3.05, 3.63) is 28.8 Å². The maximum absolute atomic E-state index is 6.21. The molecule has 1 saturated heterocycles. The highest BCUT2D eigenvalue weighted by molar-refractivity contribution is 6.31. The summed E-state index contributed by atoms with van der Waals surface area (Å²) in [5.74, 6) is 0.830. The van der Waals surface area contributed by atoms with E-state index in [1.165, 1.54) is 24.9 Å². The first-order chi connectivity index (χ1) is 8.24. The van der Waals surface area contributed by atoms with E-state index < -0.39 is 0 Å². The van der Waals surface area contributed by atoms with Gasteiger partial charge in [-0.3, -0.25) is 0 Å². The standard InChI is InChI=1S/C14H21ClN2/c1-2-11-4-3-7-17(10-11)13-6-5-12(9-16)14(15)8-13/h5-6,8,11H,2-4,7,9-10,16H2,1H3. The van der Waals surface area contributed by atoms with E-state index in [2.05, 4.69) is 24.0 Å². The Hall–Kier alpha value is -0.730. The second-order valence-corrected chi connectivity index (χ2v) is 5.25. The third-order valence-corrected chi connectivity index (χ3v) is 4.07. The fraction of sp³-hybridized carbons (Fsp3) is 0.571. The van der Waals surface area contributed by atoms with Gasteiger partial charge in [0.25, 0.3) is 0 Å². The first-order valence-corrected chi connectivity index (χ1v) is 6.85. The van der Waals surface area contributed by atoms with Crippen molar-refractivity contribution in [1.82, 2.24) is 0 Å². The Kier molecular flexibility index (Phi) is 4.30. The molecule has 1 aromatic rings. The van der Waals surface area contributed by atoms with Gasteiger partial charge in [0.05, 0.1) is 0 Å². The van der Waals surface area contributed by atoms with Crippen LogP contribution < -0.4 is 10.6 Å². The third-order valence-electron chi connectivity index (χ3n) is 3.72. The van der Waals surface area contributed by atoms with Gasteiger partial charge in [-0.15, -0.1) is 0 Å². The molecule has 2 N–H and O–H groups in total. The number of rotatable bonds is 3. The number of nitrogens with two attached hydrogens (primary N) is 1. The molecule has 1 atom stereocenters. The van der Waals surface area contributed by atoms with Gasteiger partial charge in [0.15, 0.2) is 0 Å². The van der Waals surface area contributed by atoms with E-state index in [9.17, 15) is 0 Å². The molecule has 3 heteroatoms. The Morgan fingerprint density at radius 3 is 2.94 bits per heavy atom. The maximum atomic E-state index is 6.21. The van der Waals surface area contributed by atoms with Gasteiger partial charge in [-0.05, 0) is 36.5 Å². The van der Waals surface area contributed by atoms with Crippen LogP contribution in [0, 0.1) is 5.92 Å². The molecule has 0 radical (unpaired) electrons. The Labute approximate surface area is 109 Å². The van der Waals surface area contributed by atoms with Crippen LogP contribution in [-0.4, -0.2) is 13.1 Å². The number of benzene rings is 1. The van der Waals surface area contributed by atoms with Gasteiger partial charge < -0.3 is 10.6 Å². The molecule has 17 heavy (non-hydrogen) atoms. The lowest BCUT2D eigenvalue weighted by Gasteiger charge is -2.34. The zero-order chi connectivity index (χ0) is 12.3. The molecule has 0 aromatic heterocycles. The van der Waals surface area contributed by atoms with E-state index in [1.54, 1.807) is 0 Å². The monoisotopic (exact) mass is 252 g/mol. The predicted molar refractivity (Wildman–Crippen MR) is 74.6 cm³/mol. The zero-order valence-corrected chi connectivity index (χ0v) is 11.2. The Bertz CT molecular complexity index is 378. The van der Waals surface area contributed by atoms with E-state index in [0.717, 1.165) is 29.6 Å². The minimum Gasteiger partial charge on any atom is -0.371 e. The summed E-state index contributed by atoms with van der Waals surface area (Å²) >= 11 is 6.21. The van der Waals surface area contributed by atoms with Crippen molar-refractivity contribution in [3.63, 3.8) is 0 Å². The van der Waals surface area contributed by atoms with Crippen LogP contribution in [0.15, 0.2) is 18.2 Å². The second-order valence-electron chi connectivity index (χ2n) is 4.84. The molecule has 0 spiro atoms. The van der Waals surface area contributed by atoms with Gasteiger partial charge in [0.1, 0.15) is 0 Å². The number of anilines is 1. The van der Waals surface area contributed by atoms with Crippen LogP contribution >= 0.6 is 11.6 Å². The van der Waals surface area contributed by atoms with Crippen LogP contribution in [0.1, 0.15) is 31.7 Å². The summed E-state index contributed by atoms with van der Waals surface area (Å²) in [5, 5.41) is 0.795. The molecule has 1 heterocycles. The van der Waals surface area contributed by atoms with E-state index in [1.807, 2.05) is 6.07 Å². The molecule has 0 aliphatic carbocycles. The predicted octanol–water partition coefficient (Wildman–Crippen LogP) is 3.43. The van der Waals surface area contributed by atoms with Crippen molar-refractivity contribution in [2.45, 2.75) is 32.7 Å². The molecule has 1 aliphatic rings. The molecule has 2 nitrogen and oxygen atoms in total. The second kappa shape index (κ2) is 5.74. The fourth-order valence-corrected chi connectivity index (χ4v) is 2.78. The van der Waals surface area contributed by atoms with Crippen LogP contribution in [0.4, 0.5) is 5.69 Å². The minimum absolute atomic E-state index is 0.511. The molecule has 1 aromatic carbocycles. The summed E-state index contributed by atoms with van der Waals surface area (Å²) in [5.41, 5.74) is 7.89. The highest BCUT2D eigenvalue weighted by atomic mass is 35.5. The minimum atomic E-state index is 0.511. The Balaban J connectivity index is 2.13. The molecule has 0 bridgehead atoms. The zero-order valence-electron chi connectivity index (χ0n) is 10.5. The topological polar surface area (TPSA) is 29.3 Å². The Morgan fingerprint density at radius 2 is 2.29 bits per heavy atom. The molecule has 0 amide bonds. The van der Waals surface area contributed by atoms with E-state index in [0.29, 0.717) is 6.54 Å². The average Bonchev–Trinajstić information content (AvgIpc) is 2.38. The molecule has 94 valence electrons. The van der Waals surface area contributed by atoms with Crippen LogP contribution in [0.5, 0.6) is 0 Å². The Morgan fingerprint density at radius 1 is 1.47 bits per heavy atom. The molecule has 1 fully saturated rings. The van der Waals surface area contributed by atoms with Crippen LogP contribution in [0.25, 0.3) is 0 Å². The summed E-state index contributed by atoms with van der Waals surface area (Å²) < 4.78 is 0. The number of piperidine rings is 1. The average molecular weight is 253 g/mol. The lowest BCUT2D eigenvalue weighted by Crippen LogP contribution is -2.35. The number of hydrogen-bond acceptors (Lipinski definition) is 2. The van der Waals surface area contributed by atoms with Crippen molar-refractivity contribution in [2.24, 2.45) is 11.7 Å². The number of hydrogen-bond donors (Lipinski definition) is 1. The highest BCUT2D eigenvalue weighted by Crippen LogP contribution is 2.28. The lowest BCUT2D eigenvalue weighted by atomic mass is 9.95. The molecule has 0 saturated carbocycles. The van der Waals surface area contributed by atoms with E-state index in [4.69, 9.17) is 17.3 Å². The molecule has 2 rings (SSSR count). The highest BCUT2D eigenvalue weighted by Gasteiger charge is 2.19. The van der Waals surface area contributed by atoms with Crippen LogP contribution in [-0.2, 0) is 6.54 Å². The van der Waals surface area contributed by atoms with E-state index in [-0.39, 0.29) is 0 Å². The molecular formula is C14H21ClN2. The first kappa shape index (κ1) is 12.7. The van der Waals surface area contributed by atoms with E-state index >= 15 is 0 Å². The van der Waals surface area contributed by atoms with Gasteiger partial charge in [-0.1, -0.05) is 31.0 Å². The number of nitrogens with zero attached hydrogens (tertiary/aromatic N) is 1. The van der Waals surface area contributed by atoms with Crippen molar-refractivity contribution in [3.8, 4) is 0 Å². The SMILES string of the molecule is CCC1CCCN(c2ccc(CN)c(Cl)c2)C1. The smallest absolute Gasteiger partial charge is 0.0471 e. The number of halogens is 1. The summed E-state index contributed by atoms with van der Waals surface area (Å²) in [6, 6.07) is 6.25. The third kappa shape index (κ3) is 2.93. The molecule has 1 unspecified atom stereocenters. The van der Waals surface area contributed by atoms with Crippen LogP contribution in [0.2, 0.25) is 5.02 Å². The van der Waals surface area contributed by atoms with Gasteiger partial charge in [0.2, 0.25) is 0 Å². The van der Waals surface area contributed by atoms with Crippen molar-refractivity contribution in [1.29, 1.82) is 0 Å². The summed E-state index contributed by atoms with van der Waals surface area (Å²) in [4.78, 5) is 2.45. The van der Waals surface area contributed by atoms with Gasteiger partial charge >= 0.3 is 0 Å². The fourth-order valence-electron chi connectivity index (χ4n) is 2.53. The lowest BCUT2D eigenvalue weighted by molar-refractivity contribution is 0.405.